The number of hydrogen-bond acceptors (Lipinski definition) is 3. The van der Waals surface area contributed by atoms with Crippen molar-refractivity contribution < 1.29 is 5.11 Å². The van der Waals surface area contributed by atoms with E-state index in [0.717, 1.165) is 32.6 Å². The molecule has 17 heavy (non-hydrogen) atoms. The molecular formula is C14H30N2O. The molecule has 0 amide bonds. The molecule has 0 spiro atoms. The summed E-state index contributed by atoms with van der Waals surface area (Å²) in [5, 5.41) is 13.1. The van der Waals surface area contributed by atoms with Crippen molar-refractivity contribution in [1.29, 1.82) is 0 Å². The van der Waals surface area contributed by atoms with Crippen LogP contribution in [0.15, 0.2) is 0 Å². The van der Waals surface area contributed by atoms with Crippen molar-refractivity contribution in [2.45, 2.75) is 53.2 Å². The van der Waals surface area contributed by atoms with Crippen LogP contribution in [0.3, 0.4) is 0 Å². The Morgan fingerprint density at radius 2 is 2.00 bits per heavy atom. The lowest BCUT2D eigenvalue weighted by Gasteiger charge is -2.31. The third-order valence-corrected chi connectivity index (χ3v) is 3.63. The van der Waals surface area contributed by atoms with E-state index in [1.807, 2.05) is 6.92 Å². The van der Waals surface area contributed by atoms with Crippen LogP contribution in [-0.2, 0) is 0 Å². The first-order chi connectivity index (χ1) is 7.80. The predicted molar refractivity (Wildman–Crippen MR) is 73.1 cm³/mol. The fourth-order valence-electron chi connectivity index (χ4n) is 2.54. The molecule has 2 N–H and O–H groups in total. The predicted octanol–water partition coefficient (Wildman–Crippen LogP) is 1.71. The van der Waals surface area contributed by atoms with E-state index in [9.17, 15) is 5.11 Å². The molecular weight excluding hydrogens is 212 g/mol. The Morgan fingerprint density at radius 1 is 1.35 bits per heavy atom. The van der Waals surface area contributed by atoms with Gasteiger partial charge in [-0.3, -0.25) is 0 Å². The summed E-state index contributed by atoms with van der Waals surface area (Å²) in [6.07, 6.45) is 0.989. The van der Waals surface area contributed by atoms with Crippen molar-refractivity contribution in [3.63, 3.8) is 0 Å². The number of nitrogens with zero attached hydrogens (tertiary/aromatic N) is 1. The highest BCUT2D eigenvalue weighted by Gasteiger charge is 2.30. The highest BCUT2D eigenvalue weighted by atomic mass is 16.3. The first kappa shape index (κ1) is 14.9. The molecule has 3 nitrogen and oxygen atoms in total. The summed E-state index contributed by atoms with van der Waals surface area (Å²) in [6.45, 7) is 15.3. The van der Waals surface area contributed by atoms with Gasteiger partial charge in [-0.15, -0.1) is 0 Å². The van der Waals surface area contributed by atoms with E-state index < -0.39 is 0 Å². The lowest BCUT2D eigenvalue weighted by atomic mass is 9.92. The normalized spacial score (nSPS) is 24.5. The highest BCUT2D eigenvalue weighted by Crippen LogP contribution is 2.24. The molecule has 2 atom stereocenters. The van der Waals surface area contributed by atoms with Gasteiger partial charge in [-0.25, -0.2) is 0 Å². The van der Waals surface area contributed by atoms with Gasteiger partial charge in [0.15, 0.2) is 0 Å². The van der Waals surface area contributed by atoms with Crippen LogP contribution in [-0.4, -0.2) is 48.3 Å². The van der Waals surface area contributed by atoms with Crippen molar-refractivity contribution in [3.05, 3.63) is 0 Å². The molecule has 0 aliphatic carbocycles. The number of likely N-dealkylation sites (tertiary alicyclic amines) is 1. The van der Waals surface area contributed by atoms with Gasteiger partial charge in [-0.05, 0) is 31.2 Å². The van der Waals surface area contributed by atoms with Gasteiger partial charge in [0.1, 0.15) is 0 Å². The third-order valence-electron chi connectivity index (χ3n) is 3.63. The number of aliphatic hydroxyl groups excluding tert-OH is 1. The van der Waals surface area contributed by atoms with Crippen molar-refractivity contribution >= 4 is 0 Å². The summed E-state index contributed by atoms with van der Waals surface area (Å²) in [6, 6.07) is 0.554. The number of nitrogens with one attached hydrogen (secondary N) is 1. The molecule has 1 fully saturated rings. The maximum absolute atomic E-state index is 9.61. The Balaban J connectivity index is 2.33. The topological polar surface area (TPSA) is 35.5 Å². The average Bonchev–Trinajstić information content (AvgIpc) is 2.63. The molecule has 1 rings (SSSR count). The van der Waals surface area contributed by atoms with Crippen LogP contribution in [0.25, 0.3) is 0 Å². The Hall–Kier alpha value is -0.120. The average molecular weight is 242 g/mol. The quantitative estimate of drug-likeness (QED) is 0.744. The van der Waals surface area contributed by atoms with Crippen LogP contribution < -0.4 is 5.32 Å². The highest BCUT2D eigenvalue weighted by molar-refractivity contribution is 4.84. The van der Waals surface area contributed by atoms with Gasteiger partial charge >= 0.3 is 0 Å². The number of hydrogen-bond donors (Lipinski definition) is 2. The summed E-state index contributed by atoms with van der Waals surface area (Å²) in [4.78, 5) is 2.50. The maximum Gasteiger partial charge on any atom is 0.0552 e. The molecule has 0 aromatic carbocycles. The van der Waals surface area contributed by atoms with E-state index in [1.165, 1.54) is 0 Å². The Morgan fingerprint density at radius 3 is 2.47 bits per heavy atom. The molecule has 1 aliphatic heterocycles. The molecule has 102 valence electrons. The molecule has 1 saturated heterocycles. The lowest BCUT2D eigenvalue weighted by molar-refractivity contribution is 0.121. The molecule has 2 unspecified atom stereocenters. The van der Waals surface area contributed by atoms with E-state index in [1.54, 1.807) is 0 Å². The van der Waals surface area contributed by atoms with Crippen LogP contribution >= 0.6 is 0 Å². The second kappa shape index (κ2) is 6.17. The number of aliphatic hydroxyl groups is 1. The van der Waals surface area contributed by atoms with Gasteiger partial charge in [0, 0.05) is 25.7 Å². The summed E-state index contributed by atoms with van der Waals surface area (Å²) in [5.74, 6) is 0.476. The largest absolute Gasteiger partial charge is 0.393 e. The molecule has 0 bridgehead atoms. The van der Waals surface area contributed by atoms with Gasteiger partial charge < -0.3 is 15.3 Å². The zero-order chi connectivity index (χ0) is 13.1. The van der Waals surface area contributed by atoms with Crippen LogP contribution in [0.2, 0.25) is 0 Å². The zero-order valence-corrected chi connectivity index (χ0v) is 12.2. The van der Waals surface area contributed by atoms with Crippen molar-refractivity contribution in [3.8, 4) is 0 Å². The second-order valence-corrected chi connectivity index (χ2v) is 6.72. The van der Waals surface area contributed by atoms with Crippen molar-refractivity contribution in [2.75, 3.05) is 26.2 Å². The molecule has 0 aromatic rings. The van der Waals surface area contributed by atoms with Gasteiger partial charge in [0.25, 0.3) is 0 Å². The van der Waals surface area contributed by atoms with E-state index in [2.05, 4.69) is 37.9 Å². The summed E-state index contributed by atoms with van der Waals surface area (Å²) >= 11 is 0. The zero-order valence-electron chi connectivity index (χ0n) is 12.2. The van der Waals surface area contributed by atoms with Gasteiger partial charge in [-0.2, -0.15) is 0 Å². The van der Waals surface area contributed by atoms with Crippen LogP contribution in [0.1, 0.15) is 41.0 Å². The van der Waals surface area contributed by atoms with Gasteiger partial charge in [0.2, 0.25) is 0 Å². The SMILES string of the molecule is CC(C)NCC(C)(C)CN1CCC(C(C)O)C1. The Bertz CT molecular complexity index is 226. The minimum atomic E-state index is -0.156. The van der Waals surface area contributed by atoms with Crippen LogP contribution in [0.4, 0.5) is 0 Å². The third kappa shape index (κ3) is 5.36. The molecule has 0 saturated carbocycles. The number of rotatable bonds is 6. The summed E-state index contributed by atoms with van der Waals surface area (Å²) in [7, 11) is 0. The molecule has 3 heteroatoms. The minimum Gasteiger partial charge on any atom is -0.393 e. The Kier molecular flexibility index (Phi) is 5.42. The molecule has 0 radical (unpaired) electrons. The van der Waals surface area contributed by atoms with E-state index in [4.69, 9.17) is 0 Å². The smallest absolute Gasteiger partial charge is 0.0552 e. The van der Waals surface area contributed by atoms with Gasteiger partial charge in [0.05, 0.1) is 6.10 Å². The fraction of sp³-hybridized carbons (Fsp3) is 1.00. The van der Waals surface area contributed by atoms with E-state index in [0.29, 0.717) is 17.4 Å². The fourth-order valence-corrected chi connectivity index (χ4v) is 2.54. The molecule has 1 heterocycles. The minimum absolute atomic E-state index is 0.156. The van der Waals surface area contributed by atoms with E-state index in [-0.39, 0.29) is 6.10 Å². The van der Waals surface area contributed by atoms with E-state index >= 15 is 0 Å². The summed E-state index contributed by atoms with van der Waals surface area (Å²) in [5.41, 5.74) is 0.303. The van der Waals surface area contributed by atoms with Crippen molar-refractivity contribution in [1.82, 2.24) is 10.2 Å². The van der Waals surface area contributed by atoms with Crippen molar-refractivity contribution in [2.24, 2.45) is 11.3 Å². The first-order valence-electron chi connectivity index (χ1n) is 6.94. The van der Waals surface area contributed by atoms with Crippen LogP contribution in [0, 0.1) is 11.3 Å². The summed E-state index contributed by atoms with van der Waals surface area (Å²) < 4.78 is 0. The first-order valence-corrected chi connectivity index (χ1v) is 6.94. The monoisotopic (exact) mass is 242 g/mol. The second-order valence-electron chi connectivity index (χ2n) is 6.72. The molecule has 0 aromatic heterocycles. The van der Waals surface area contributed by atoms with Crippen LogP contribution in [0.5, 0.6) is 0 Å². The maximum atomic E-state index is 9.61. The lowest BCUT2D eigenvalue weighted by Crippen LogP contribution is -2.41. The standard InChI is InChI=1S/C14H30N2O/c1-11(2)15-9-14(4,5)10-16-7-6-13(8-16)12(3)17/h11-13,15,17H,6-10H2,1-5H3. The molecule has 1 aliphatic rings. The van der Waals surface area contributed by atoms with Gasteiger partial charge in [-0.1, -0.05) is 27.7 Å². The Labute approximate surface area is 107 Å².